The molecule has 0 radical (unpaired) electrons. The molecule has 1 fully saturated rings. The number of hydrogen-bond acceptors (Lipinski definition) is 6. The van der Waals surface area contributed by atoms with Crippen LogP contribution in [0, 0.1) is 13.8 Å². The van der Waals surface area contributed by atoms with Gasteiger partial charge >= 0.3 is 5.97 Å². The first-order valence-corrected chi connectivity index (χ1v) is 16.3. The van der Waals surface area contributed by atoms with Gasteiger partial charge in [-0.15, -0.1) is 11.3 Å². The van der Waals surface area contributed by atoms with Gasteiger partial charge in [-0.25, -0.2) is 14.8 Å². The van der Waals surface area contributed by atoms with Gasteiger partial charge in [-0.3, -0.25) is 4.90 Å². The number of carboxylic acids is 1. The second-order valence-electron chi connectivity index (χ2n) is 13.1. The molecule has 1 saturated heterocycles. The minimum Gasteiger partial charge on any atom is -0.479 e. The highest BCUT2D eigenvalue weighted by atomic mass is 35.5. The molecule has 2 unspecified atom stereocenters. The number of aliphatic carboxylic acids is 1. The van der Waals surface area contributed by atoms with Crippen molar-refractivity contribution in [2.75, 3.05) is 13.1 Å². The molecule has 5 aromatic rings. The highest BCUT2D eigenvalue weighted by Crippen LogP contribution is 2.45. The van der Waals surface area contributed by atoms with Crippen LogP contribution in [0.15, 0.2) is 48.5 Å². The smallest absolute Gasteiger partial charge is 0.337 e. The standard InChI is InChI=1S/C35H39ClN4O3S/c1-19(2)39-15-14-25(18-39)40-21(4)37-26-13-10-23(17-28(26)40)33-38-27-16-20(3)29(31(34(41)42)43-35(5,6)7)30(32(27)44-33)22-8-11-24(36)12-9-22/h8-13,16-17,19,25,31H,14-15,18H2,1-7H3,(H,41,42). The summed E-state index contributed by atoms with van der Waals surface area (Å²) in [5.74, 6) is 0.000244. The van der Waals surface area contributed by atoms with Crippen LogP contribution < -0.4 is 0 Å². The lowest BCUT2D eigenvalue weighted by Gasteiger charge is -2.28. The molecule has 2 atom stereocenters. The summed E-state index contributed by atoms with van der Waals surface area (Å²) < 4.78 is 9.49. The molecule has 0 bridgehead atoms. The van der Waals surface area contributed by atoms with Crippen LogP contribution in [0.4, 0.5) is 0 Å². The number of carboxylic acid groups (broad SMARTS) is 1. The summed E-state index contributed by atoms with van der Waals surface area (Å²) in [6.07, 6.45) is -0.0508. The van der Waals surface area contributed by atoms with E-state index >= 15 is 0 Å². The molecule has 1 N–H and O–H groups in total. The molecule has 1 aliphatic heterocycles. The van der Waals surface area contributed by atoms with E-state index in [9.17, 15) is 9.90 Å². The van der Waals surface area contributed by atoms with Gasteiger partial charge in [-0.1, -0.05) is 23.7 Å². The molecule has 9 heteroatoms. The highest BCUT2D eigenvalue weighted by Gasteiger charge is 2.33. The summed E-state index contributed by atoms with van der Waals surface area (Å²) in [6.45, 7) is 16.3. The van der Waals surface area contributed by atoms with Gasteiger partial charge in [0.15, 0.2) is 6.10 Å². The van der Waals surface area contributed by atoms with Gasteiger partial charge in [0.2, 0.25) is 0 Å². The zero-order valence-corrected chi connectivity index (χ0v) is 27.9. The second kappa shape index (κ2) is 11.6. The highest BCUT2D eigenvalue weighted by molar-refractivity contribution is 7.22. The van der Waals surface area contributed by atoms with Gasteiger partial charge in [0.1, 0.15) is 10.8 Å². The Balaban J connectivity index is 1.52. The van der Waals surface area contributed by atoms with Crippen LogP contribution in [0.5, 0.6) is 0 Å². The van der Waals surface area contributed by atoms with Crippen molar-refractivity contribution in [3.63, 3.8) is 0 Å². The minimum atomic E-state index is -1.15. The minimum absolute atomic E-state index is 0.380. The first kappa shape index (κ1) is 30.7. The second-order valence-corrected chi connectivity index (χ2v) is 14.5. The van der Waals surface area contributed by atoms with Crippen LogP contribution in [-0.4, -0.2) is 55.2 Å². The van der Waals surface area contributed by atoms with E-state index in [2.05, 4.69) is 48.4 Å². The van der Waals surface area contributed by atoms with Gasteiger partial charge in [-0.05, 0) is 102 Å². The predicted octanol–water partition coefficient (Wildman–Crippen LogP) is 8.85. The topological polar surface area (TPSA) is 80.5 Å². The van der Waals surface area contributed by atoms with Gasteiger partial charge in [0.05, 0.1) is 26.9 Å². The van der Waals surface area contributed by atoms with E-state index in [1.807, 2.05) is 58.0 Å². The SMILES string of the molecule is Cc1cc2nc(-c3ccc4nc(C)n(C5CCN(C(C)C)C5)c4c3)sc2c(-c2ccc(Cl)cc2)c1C(OC(C)(C)C)C(=O)O. The lowest BCUT2D eigenvalue weighted by Crippen LogP contribution is -2.28. The molecule has 3 aromatic carbocycles. The van der Waals surface area contributed by atoms with Crippen molar-refractivity contribution in [3.8, 4) is 21.7 Å². The van der Waals surface area contributed by atoms with Crippen LogP contribution in [0.3, 0.4) is 0 Å². The van der Waals surface area contributed by atoms with Gasteiger partial charge in [0, 0.05) is 46.9 Å². The average molecular weight is 631 g/mol. The number of thiazole rings is 1. The van der Waals surface area contributed by atoms with Crippen molar-refractivity contribution in [2.45, 2.75) is 78.7 Å². The van der Waals surface area contributed by atoms with E-state index in [4.69, 9.17) is 26.3 Å². The van der Waals surface area contributed by atoms with Crippen molar-refractivity contribution in [2.24, 2.45) is 0 Å². The number of fused-ring (bicyclic) bond motifs is 2. The normalized spacial score (nSPS) is 16.9. The first-order valence-electron chi connectivity index (χ1n) is 15.1. The molecule has 0 saturated carbocycles. The Morgan fingerprint density at radius 2 is 1.75 bits per heavy atom. The number of aryl methyl sites for hydroxylation is 2. The van der Waals surface area contributed by atoms with Crippen molar-refractivity contribution in [3.05, 3.63) is 70.5 Å². The number of imidazole rings is 1. The average Bonchev–Trinajstić information content (AvgIpc) is 3.67. The zero-order valence-electron chi connectivity index (χ0n) is 26.3. The molecule has 0 aliphatic carbocycles. The van der Waals surface area contributed by atoms with E-state index in [1.54, 1.807) is 11.3 Å². The lowest BCUT2D eigenvalue weighted by atomic mass is 9.91. The number of rotatable bonds is 7. The summed E-state index contributed by atoms with van der Waals surface area (Å²) in [5, 5.41) is 11.9. The molecular formula is C35H39ClN4O3S. The quantitative estimate of drug-likeness (QED) is 0.193. The molecular weight excluding hydrogens is 592 g/mol. The Morgan fingerprint density at radius 3 is 2.39 bits per heavy atom. The molecule has 0 spiro atoms. The van der Waals surface area contributed by atoms with Crippen LogP contribution in [0.2, 0.25) is 5.02 Å². The van der Waals surface area contributed by atoms with E-state index in [1.165, 1.54) is 0 Å². The van der Waals surface area contributed by atoms with Crippen molar-refractivity contribution >= 4 is 50.2 Å². The number of likely N-dealkylation sites (tertiary alicyclic amines) is 1. The van der Waals surface area contributed by atoms with E-state index in [-0.39, 0.29) is 0 Å². The lowest BCUT2D eigenvalue weighted by molar-refractivity contribution is -0.160. The van der Waals surface area contributed by atoms with Crippen molar-refractivity contribution < 1.29 is 14.6 Å². The summed E-state index contributed by atoms with van der Waals surface area (Å²) in [4.78, 5) is 25.2. The number of benzene rings is 3. The van der Waals surface area contributed by atoms with E-state index in [0.29, 0.717) is 22.7 Å². The summed E-state index contributed by atoms with van der Waals surface area (Å²) in [6, 6.07) is 16.8. The molecule has 6 rings (SSSR count). The fourth-order valence-corrected chi connectivity index (χ4v) is 7.66. The van der Waals surface area contributed by atoms with E-state index < -0.39 is 17.7 Å². The van der Waals surface area contributed by atoms with E-state index in [0.717, 1.165) is 73.8 Å². The molecule has 3 heterocycles. The van der Waals surface area contributed by atoms with Gasteiger partial charge < -0.3 is 14.4 Å². The third kappa shape index (κ3) is 5.76. The molecule has 2 aromatic heterocycles. The molecule has 230 valence electrons. The van der Waals surface area contributed by atoms with Crippen LogP contribution in [0.1, 0.15) is 70.1 Å². The Kier molecular flexibility index (Phi) is 8.07. The summed E-state index contributed by atoms with van der Waals surface area (Å²) in [7, 11) is 0. The Bertz CT molecular complexity index is 1870. The maximum atomic E-state index is 12.7. The molecule has 0 amide bonds. The van der Waals surface area contributed by atoms with Crippen LogP contribution >= 0.6 is 22.9 Å². The van der Waals surface area contributed by atoms with Gasteiger partial charge in [-0.2, -0.15) is 0 Å². The Hall–Kier alpha value is -3.30. The predicted molar refractivity (Wildman–Crippen MR) is 180 cm³/mol. The fraction of sp³-hybridized carbons (Fsp3) is 0.400. The molecule has 1 aliphatic rings. The zero-order chi connectivity index (χ0) is 31.5. The summed E-state index contributed by atoms with van der Waals surface area (Å²) in [5.41, 5.74) is 6.42. The van der Waals surface area contributed by atoms with Gasteiger partial charge in [0.25, 0.3) is 0 Å². The maximum absolute atomic E-state index is 12.7. The molecule has 44 heavy (non-hydrogen) atoms. The molecule has 7 nitrogen and oxygen atoms in total. The first-order chi connectivity index (χ1) is 20.8. The number of nitrogens with zero attached hydrogens (tertiary/aromatic N) is 4. The summed E-state index contributed by atoms with van der Waals surface area (Å²) >= 11 is 7.84. The van der Waals surface area contributed by atoms with Crippen molar-refractivity contribution in [1.29, 1.82) is 0 Å². The third-order valence-corrected chi connectivity index (χ3v) is 9.81. The van der Waals surface area contributed by atoms with Crippen molar-refractivity contribution in [1.82, 2.24) is 19.4 Å². The largest absolute Gasteiger partial charge is 0.479 e. The van der Waals surface area contributed by atoms with Crippen LogP contribution in [0.25, 0.3) is 42.9 Å². The van der Waals surface area contributed by atoms with Crippen LogP contribution in [-0.2, 0) is 9.53 Å². The number of halogens is 1. The Labute approximate surface area is 267 Å². The Morgan fingerprint density at radius 1 is 1.05 bits per heavy atom. The number of aromatic nitrogens is 3. The third-order valence-electron chi connectivity index (χ3n) is 8.42. The number of carbonyl (C=O) groups is 1. The monoisotopic (exact) mass is 630 g/mol. The maximum Gasteiger partial charge on any atom is 0.337 e. The number of ether oxygens (including phenoxy) is 1. The fourth-order valence-electron chi connectivity index (χ4n) is 6.42. The number of hydrogen-bond donors (Lipinski definition) is 1.